The molecule has 19 heteroatoms. The molecule has 16 nitrogen and oxygen atoms in total. The Morgan fingerprint density at radius 3 is 2.80 bits per heavy atom. The first-order valence-corrected chi connectivity index (χ1v) is 14.3. The zero-order chi connectivity index (χ0) is 29.4. The highest BCUT2D eigenvalue weighted by molar-refractivity contribution is 8.00. The van der Waals surface area contributed by atoms with Crippen molar-refractivity contribution in [2.75, 3.05) is 18.0 Å². The lowest BCUT2D eigenvalue weighted by molar-refractivity contribution is -0.753. The van der Waals surface area contributed by atoms with Crippen LogP contribution in [0.4, 0.5) is 5.13 Å². The van der Waals surface area contributed by atoms with Crippen LogP contribution in [0.25, 0.3) is 5.65 Å². The molecule has 3 aromatic rings. The first kappa shape index (κ1) is 28.2. The van der Waals surface area contributed by atoms with E-state index in [1.54, 1.807) is 0 Å². The van der Waals surface area contributed by atoms with Crippen molar-refractivity contribution in [3.05, 3.63) is 46.0 Å². The van der Waals surface area contributed by atoms with Crippen LogP contribution in [0.2, 0.25) is 4.34 Å². The number of nitrogen functional groups attached to an aromatic ring is 1. The number of carbonyl (C=O) groups is 3. The zero-order valence-electron chi connectivity index (χ0n) is 21.2. The van der Waals surface area contributed by atoms with Gasteiger partial charge in [0, 0.05) is 30.6 Å². The van der Waals surface area contributed by atoms with Crippen LogP contribution in [0.15, 0.2) is 41.1 Å². The molecule has 1 fully saturated rings. The van der Waals surface area contributed by atoms with E-state index in [9.17, 15) is 24.7 Å². The van der Waals surface area contributed by atoms with Gasteiger partial charge >= 0.3 is 5.97 Å². The Hall–Kier alpha value is -4.29. The first-order valence-electron chi connectivity index (χ1n) is 12.1. The second-order valence-corrected chi connectivity index (χ2v) is 11.8. The second-order valence-electron chi connectivity index (χ2n) is 9.04. The number of fused-ring (bicyclic) bond motifs is 2. The van der Waals surface area contributed by atoms with Gasteiger partial charge in [0.1, 0.15) is 27.1 Å². The Kier molecular flexibility index (Phi) is 7.78. The predicted octanol–water partition coefficient (Wildman–Crippen LogP) is -0.789. The number of carbonyl (C=O) groups excluding carboxylic acids is 2. The number of hydrogen-bond acceptors (Lipinski definition) is 10. The van der Waals surface area contributed by atoms with E-state index in [2.05, 4.69) is 20.8 Å². The number of β-lactam (4-membered cyclic amide) rings is 1. The standard InChI is InChI=1S/C22H24ClN11O5S2/c23-16-12(29-22(26)41-16)13(30-39)17(35)28-14-18(36)34-15(20(37)38)10(9-40-19(14)34)8-32-5-2-11-31(6-7-33(11)32)4-1-3-27-21(24)25/h2,5-7,14,19H,1,3-4,8-9H2,(H8-,24,25,26,27,28,29,35,37,38,39)/p+1/t14-,19-/m1/s1. The summed E-state index contributed by atoms with van der Waals surface area (Å²) in [4.78, 5) is 43.3. The molecule has 2 aliphatic heterocycles. The maximum atomic E-state index is 13.1. The molecular formula is C22H25ClN11O5S2+. The molecule has 5 rings (SSSR count). The molecule has 0 bridgehead atoms. The zero-order valence-corrected chi connectivity index (χ0v) is 23.5. The molecule has 41 heavy (non-hydrogen) atoms. The van der Waals surface area contributed by atoms with E-state index < -0.39 is 34.9 Å². The summed E-state index contributed by atoms with van der Waals surface area (Å²) in [5, 5.41) is 34.3. The van der Waals surface area contributed by atoms with Crippen molar-refractivity contribution < 1.29 is 29.4 Å². The fourth-order valence-electron chi connectivity index (χ4n) is 4.71. The highest BCUT2D eigenvalue weighted by atomic mass is 35.5. The molecule has 9 N–H and O–H groups in total. The monoisotopic (exact) mass is 622 g/mol. The Balaban J connectivity index is 1.30. The number of rotatable bonds is 10. The summed E-state index contributed by atoms with van der Waals surface area (Å²) in [6.07, 6.45) is 6.33. The summed E-state index contributed by atoms with van der Waals surface area (Å²) in [6, 6.07) is 0.857. The number of imidazole rings is 1. The maximum absolute atomic E-state index is 13.1. The van der Waals surface area contributed by atoms with Gasteiger partial charge in [-0.2, -0.15) is 0 Å². The number of thioether (sulfide) groups is 1. The number of nitrogens with one attached hydrogen (secondary N) is 3. The minimum Gasteiger partial charge on any atom is -0.477 e. The lowest BCUT2D eigenvalue weighted by atomic mass is 10.0. The van der Waals surface area contributed by atoms with Gasteiger partial charge in [0.05, 0.1) is 12.3 Å². The maximum Gasteiger partial charge on any atom is 0.352 e. The van der Waals surface area contributed by atoms with Gasteiger partial charge in [-0.1, -0.05) is 28.1 Å². The molecule has 0 unspecified atom stereocenters. The first-order chi connectivity index (χ1) is 19.6. The van der Waals surface area contributed by atoms with Crippen LogP contribution >= 0.6 is 34.7 Å². The van der Waals surface area contributed by atoms with Crippen LogP contribution < -0.4 is 26.8 Å². The number of oxime groups is 1. The molecule has 0 aliphatic carbocycles. The molecule has 0 aromatic carbocycles. The molecule has 0 saturated carbocycles. The average molecular weight is 623 g/mol. The molecule has 0 radical (unpaired) electrons. The van der Waals surface area contributed by atoms with Crippen LogP contribution in [0.3, 0.4) is 0 Å². The normalized spacial score (nSPS) is 18.8. The minimum absolute atomic E-state index is 0.0390. The number of aliphatic carboxylic acids is 1. The van der Waals surface area contributed by atoms with Crippen molar-refractivity contribution in [3.8, 4) is 0 Å². The smallest absolute Gasteiger partial charge is 0.352 e. The number of aryl methyl sites for hydroxylation is 1. The van der Waals surface area contributed by atoms with Crippen molar-refractivity contribution in [2.45, 2.75) is 30.9 Å². The Bertz CT molecular complexity index is 1630. The molecule has 2 amide bonds. The summed E-state index contributed by atoms with van der Waals surface area (Å²) in [5.41, 5.74) is 11.6. The number of thiazole rings is 1. The van der Waals surface area contributed by atoms with Crippen LogP contribution in [0.5, 0.6) is 0 Å². The second kappa shape index (κ2) is 11.3. The summed E-state index contributed by atoms with van der Waals surface area (Å²) in [7, 11) is 0. The van der Waals surface area contributed by atoms with Crippen molar-refractivity contribution in [1.29, 1.82) is 5.41 Å². The molecular weight excluding hydrogens is 598 g/mol. The fourth-order valence-corrected chi connectivity index (χ4v) is 6.97. The highest BCUT2D eigenvalue weighted by Gasteiger charge is 2.55. The molecule has 3 aromatic heterocycles. The number of hydrogen-bond donors (Lipinski definition) is 7. The number of amides is 2. The Morgan fingerprint density at radius 1 is 1.37 bits per heavy atom. The molecule has 0 spiro atoms. The van der Waals surface area contributed by atoms with E-state index in [4.69, 9.17) is 28.5 Å². The van der Waals surface area contributed by atoms with Crippen molar-refractivity contribution >= 4 is 74.9 Å². The third kappa shape index (κ3) is 5.27. The quantitative estimate of drug-likeness (QED) is 0.0283. The van der Waals surface area contributed by atoms with E-state index in [1.807, 2.05) is 38.4 Å². The van der Waals surface area contributed by atoms with Gasteiger partial charge in [-0.3, -0.25) is 19.9 Å². The molecule has 2 atom stereocenters. The van der Waals surface area contributed by atoms with Gasteiger partial charge in [-0.05, 0) is 6.42 Å². The van der Waals surface area contributed by atoms with Gasteiger partial charge in [-0.25, -0.2) is 9.78 Å². The van der Waals surface area contributed by atoms with Crippen LogP contribution in [-0.2, 0) is 27.5 Å². The third-order valence-electron chi connectivity index (χ3n) is 6.51. The minimum atomic E-state index is -1.25. The van der Waals surface area contributed by atoms with E-state index in [0.717, 1.165) is 23.4 Å². The lowest BCUT2D eigenvalue weighted by Crippen LogP contribution is -2.71. The van der Waals surface area contributed by atoms with Crippen molar-refractivity contribution in [3.63, 3.8) is 0 Å². The number of carboxylic acids is 1. The summed E-state index contributed by atoms with van der Waals surface area (Å²) in [5.74, 6) is -2.55. The molecule has 2 aliphatic rings. The predicted molar refractivity (Wildman–Crippen MR) is 150 cm³/mol. The lowest BCUT2D eigenvalue weighted by Gasteiger charge is -2.49. The number of aromatic nitrogens is 4. The molecule has 1 saturated heterocycles. The van der Waals surface area contributed by atoms with Crippen LogP contribution in [0.1, 0.15) is 12.1 Å². The summed E-state index contributed by atoms with van der Waals surface area (Å²) >= 11 is 8.23. The van der Waals surface area contributed by atoms with Gasteiger partial charge in [0.25, 0.3) is 11.8 Å². The Labute approximate surface area is 244 Å². The SMILES string of the molecule is N=C(N)NCCCn1ccn2c1cc[n+]2CC1=C(C(=O)O)N2C(=O)[C@@H](NC(=O)/C(=N\O)c3nc(N)sc3Cl)[C@H]2SC1. The number of halogens is 1. The topological polar surface area (TPSA) is 233 Å². The van der Waals surface area contributed by atoms with E-state index in [1.165, 1.54) is 16.7 Å². The summed E-state index contributed by atoms with van der Waals surface area (Å²) in [6.45, 7) is 1.46. The van der Waals surface area contributed by atoms with Gasteiger partial charge in [0.2, 0.25) is 0 Å². The summed E-state index contributed by atoms with van der Waals surface area (Å²) < 4.78 is 5.79. The van der Waals surface area contributed by atoms with Crippen molar-refractivity contribution in [2.24, 2.45) is 10.9 Å². The number of guanidine groups is 1. The van der Waals surface area contributed by atoms with Gasteiger partial charge in [0.15, 0.2) is 35.2 Å². The number of nitrogens with two attached hydrogens (primary N) is 2. The van der Waals surface area contributed by atoms with Gasteiger partial charge in [-0.15, -0.1) is 21.0 Å². The molecule has 5 heterocycles. The van der Waals surface area contributed by atoms with Gasteiger partial charge < -0.3 is 37.0 Å². The average Bonchev–Trinajstić information content (AvgIpc) is 3.61. The van der Waals surface area contributed by atoms with E-state index >= 15 is 0 Å². The van der Waals surface area contributed by atoms with E-state index in [-0.39, 0.29) is 33.4 Å². The largest absolute Gasteiger partial charge is 0.477 e. The van der Waals surface area contributed by atoms with E-state index in [0.29, 0.717) is 24.4 Å². The van der Waals surface area contributed by atoms with Crippen LogP contribution in [-0.4, -0.2) is 82.4 Å². The number of anilines is 1. The van der Waals surface area contributed by atoms with Crippen molar-refractivity contribution in [1.82, 2.24) is 29.6 Å². The fraction of sp³-hybridized carbons (Fsp3) is 0.318. The highest BCUT2D eigenvalue weighted by Crippen LogP contribution is 2.40. The third-order valence-corrected chi connectivity index (χ3v) is 8.93. The number of carboxylic acid groups (broad SMARTS) is 1. The molecule has 216 valence electrons. The van der Waals surface area contributed by atoms with Crippen LogP contribution in [0, 0.1) is 5.41 Å². The Morgan fingerprint density at radius 2 is 2.15 bits per heavy atom. The number of nitrogens with zero attached hydrogens (tertiary/aromatic N) is 6.